The average Bonchev–Trinajstić information content (AvgIpc) is 3.66. The summed E-state index contributed by atoms with van der Waals surface area (Å²) in [7, 11) is 0. The van der Waals surface area contributed by atoms with Gasteiger partial charge >= 0.3 is 0 Å². The second-order valence-corrected chi connectivity index (χ2v) is 10.2. The maximum absolute atomic E-state index is 15.1. The fourth-order valence-corrected chi connectivity index (χ4v) is 4.66. The van der Waals surface area contributed by atoms with Gasteiger partial charge < -0.3 is 15.4 Å². The highest BCUT2D eigenvalue weighted by Gasteiger charge is 2.56. The van der Waals surface area contributed by atoms with E-state index >= 15 is 4.39 Å². The number of carbonyl (C=O) groups is 2. The van der Waals surface area contributed by atoms with Gasteiger partial charge in [-0.2, -0.15) is 5.10 Å². The predicted molar refractivity (Wildman–Crippen MR) is 151 cm³/mol. The quantitative estimate of drug-likeness (QED) is 0.218. The number of hydrogen-bond donors (Lipinski definition) is 2. The molecule has 1 fully saturated rings. The van der Waals surface area contributed by atoms with Crippen molar-refractivity contribution in [3.8, 4) is 22.8 Å². The lowest BCUT2D eigenvalue weighted by molar-refractivity contribution is -0.131. The van der Waals surface area contributed by atoms with E-state index in [0.29, 0.717) is 40.9 Å². The van der Waals surface area contributed by atoms with E-state index in [1.54, 1.807) is 34.8 Å². The lowest BCUT2D eigenvalue weighted by atomic mass is 10.0. The number of pyridine rings is 2. The van der Waals surface area contributed by atoms with E-state index in [1.165, 1.54) is 48.3 Å². The number of benzene rings is 2. The number of amides is 2. The highest BCUT2D eigenvalue weighted by atomic mass is 32.2. The standard InChI is InChI=1S/C29H22F2N6O3S/c1-41-37-16-17(14-34-37)23-13-24-21(15-33-23)25(8-11-32-24)40-26-7-6-20(12-22(26)31)36-28(39)29(9-10-29)27(38)35-19-4-2-18(30)3-5-19/h2-8,11-16H,9-10H2,1H3,(H,35,38)(H,36,39). The molecule has 0 unspecified atom stereocenters. The van der Waals surface area contributed by atoms with Crippen LogP contribution in [0.3, 0.4) is 0 Å². The number of rotatable bonds is 8. The Morgan fingerprint density at radius 3 is 2.34 bits per heavy atom. The molecule has 0 bridgehead atoms. The molecule has 0 spiro atoms. The number of nitrogens with one attached hydrogen (secondary N) is 2. The molecule has 206 valence electrons. The molecule has 3 aromatic heterocycles. The van der Waals surface area contributed by atoms with Crippen molar-refractivity contribution in [1.29, 1.82) is 0 Å². The zero-order valence-corrected chi connectivity index (χ0v) is 22.4. The molecule has 2 aromatic carbocycles. The first-order valence-corrected chi connectivity index (χ1v) is 13.7. The molecule has 0 saturated heterocycles. The van der Waals surface area contributed by atoms with Gasteiger partial charge in [-0.15, -0.1) is 0 Å². The number of aromatic nitrogens is 4. The van der Waals surface area contributed by atoms with Crippen molar-refractivity contribution >= 4 is 46.0 Å². The van der Waals surface area contributed by atoms with Crippen LogP contribution in [-0.4, -0.2) is 37.2 Å². The van der Waals surface area contributed by atoms with Gasteiger partial charge in [0.25, 0.3) is 0 Å². The van der Waals surface area contributed by atoms with Gasteiger partial charge in [-0.25, -0.2) is 12.9 Å². The van der Waals surface area contributed by atoms with Gasteiger partial charge in [0, 0.05) is 47.9 Å². The van der Waals surface area contributed by atoms with Crippen LogP contribution in [-0.2, 0) is 9.59 Å². The van der Waals surface area contributed by atoms with Crippen molar-refractivity contribution in [1.82, 2.24) is 19.2 Å². The maximum Gasteiger partial charge on any atom is 0.240 e. The summed E-state index contributed by atoms with van der Waals surface area (Å²) >= 11 is 1.46. The average molecular weight is 573 g/mol. The summed E-state index contributed by atoms with van der Waals surface area (Å²) in [6.07, 6.45) is 9.35. The van der Waals surface area contributed by atoms with Gasteiger partial charge in [-0.1, -0.05) is 0 Å². The summed E-state index contributed by atoms with van der Waals surface area (Å²) in [5.41, 5.74) is 1.42. The third-order valence-corrected chi connectivity index (χ3v) is 7.33. The Labute approximate surface area is 237 Å². The molecule has 5 aromatic rings. The Hall–Kier alpha value is -4.84. The van der Waals surface area contributed by atoms with Gasteiger partial charge in [0.15, 0.2) is 11.6 Å². The molecule has 0 atom stereocenters. The van der Waals surface area contributed by atoms with Crippen LogP contribution in [0, 0.1) is 17.0 Å². The number of ether oxygens (including phenoxy) is 1. The second kappa shape index (κ2) is 10.6. The van der Waals surface area contributed by atoms with E-state index in [4.69, 9.17) is 4.74 Å². The number of hydrogen-bond acceptors (Lipinski definition) is 7. The normalized spacial score (nSPS) is 13.5. The smallest absolute Gasteiger partial charge is 0.240 e. The molecular weight excluding hydrogens is 550 g/mol. The monoisotopic (exact) mass is 572 g/mol. The summed E-state index contributed by atoms with van der Waals surface area (Å²) < 4.78 is 35.8. The summed E-state index contributed by atoms with van der Waals surface area (Å²) in [6.45, 7) is 0. The Balaban J connectivity index is 1.16. The topological polar surface area (TPSA) is 111 Å². The first-order chi connectivity index (χ1) is 19.8. The minimum Gasteiger partial charge on any atom is -0.453 e. The fraction of sp³-hybridized carbons (Fsp3) is 0.138. The van der Waals surface area contributed by atoms with Crippen LogP contribution in [0.2, 0.25) is 0 Å². The van der Waals surface area contributed by atoms with Gasteiger partial charge in [0.2, 0.25) is 11.8 Å². The van der Waals surface area contributed by atoms with Crippen molar-refractivity contribution in [3.63, 3.8) is 0 Å². The van der Waals surface area contributed by atoms with E-state index in [9.17, 15) is 14.0 Å². The van der Waals surface area contributed by atoms with Gasteiger partial charge in [-0.05, 0) is 73.3 Å². The summed E-state index contributed by atoms with van der Waals surface area (Å²) in [4.78, 5) is 34.6. The number of halogens is 2. The molecule has 2 N–H and O–H groups in total. The third-order valence-electron chi connectivity index (χ3n) is 6.76. The summed E-state index contributed by atoms with van der Waals surface area (Å²) in [6, 6.07) is 12.7. The van der Waals surface area contributed by atoms with E-state index in [-0.39, 0.29) is 11.4 Å². The largest absolute Gasteiger partial charge is 0.453 e. The molecule has 0 radical (unpaired) electrons. The van der Waals surface area contributed by atoms with Gasteiger partial charge in [0.05, 0.1) is 22.8 Å². The van der Waals surface area contributed by atoms with Crippen molar-refractivity contribution in [2.75, 3.05) is 16.9 Å². The van der Waals surface area contributed by atoms with Crippen molar-refractivity contribution in [2.45, 2.75) is 12.8 Å². The van der Waals surface area contributed by atoms with Crippen LogP contribution >= 0.6 is 11.9 Å². The predicted octanol–water partition coefficient (Wildman–Crippen LogP) is 6.05. The molecule has 6 rings (SSSR count). The van der Waals surface area contributed by atoms with Crippen LogP contribution in [0.5, 0.6) is 11.5 Å². The lowest BCUT2D eigenvalue weighted by Crippen LogP contribution is -2.35. The minimum absolute atomic E-state index is 0.0592. The van der Waals surface area contributed by atoms with Crippen LogP contribution < -0.4 is 15.4 Å². The zero-order chi connectivity index (χ0) is 28.6. The first-order valence-electron chi connectivity index (χ1n) is 12.5. The number of fused-ring (bicyclic) bond motifs is 1. The molecule has 0 aliphatic heterocycles. The molecular formula is C29H22F2N6O3S. The first kappa shape index (κ1) is 26.4. The van der Waals surface area contributed by atoms with E-state index in [0.717, 1.165) is 11.6 Å². The van der Waals surface area contributed by atoms with Crippen LogP contribution in [0.25, 0.3) is 22.2 Å². The second-order valence-electron chi connectivity index (χ2n) is 9.45. The summed E-state index contributed by atoms with van der Waals surface area (Å²) in [5.74, 6) is -1.89. The maximum atomic E-state index is 15.1. The Bertz CT molecular complexity index is 1790. The molecule has 9 nitrogen and oxygen atoms in total. The fourth-order valence-electron chi connectivity index (χ4n) is 4.30. The SMILES string of the molecule is CSn1cc(-c2cc3nccc(Oc4ccc(NC(=O)C5(C(=O)Nc6ccc(F)cc6)CC5)cc4F)c3cn2)cn1. The van der Waals surface area contributed by atoms with E-state index in [2.05, 4.69) is 25.7 Å². The highest BCUT2D eigenvalue weighted by molar-refractivity contribution is 7.97. The van der Waals surface area contributed by atoms with Gasteiger partial charge in [-0.3, -0.25) is 19.6 Å². The molecule has 3 heterocycles. The van der Waals surface area contributed by atoms with Crippen LogP contribution in [0.15, 0.2) is 79.4 Å². The highest BCUT2D eigenvalue weighted by Crippen LogP contribution is 2.47. The molecule has 1 saturated carbocycles. The number of nitrogens with zero attached hydrogens (tertiary/aromatic N) is 4. The third kappa shape index (κ3) is 5.33. The number of carbonyl (C=O) groups excluding carboxylic acids is 2. The molecule has 2 amide bonds. The van der Waals surface area contributed by atoms with Crippen molar-refractivity contribution < 1.29 is 23.1 Å². The molecule has 1 aliphatic rings. The lowest BCUT2D eigenvalue weighted by Gasteiger charge is -2.16. The van der Waals surface area contributed by atoms with Gasteiger partial charge in [0.1, 0.15) is 17.0 Å². The van der Waals surface area contributed by atoms with Crippen molar-refractivity contribution in [2.24, 2.45) is 5.41 Å². The van der Waals surface area contributed by atoms with Crippen LogP contribution in [0.4, 0.5) is 20.2 Å². The number of anilines is 2. The zero-order valence-electron chi connectivity index (χ0n) is 21.6. The van der Waals surface area contributed by atoms with E-state index in [1.807, 2.05) is 12.5 Å². The van der Waals surface area contributed by atoms with E-state index < -0.39 is 28.9 Å². The minimum atomic E-state index is -1.27. The Kier molecular flexibility index (Phi) is 6.83. The Morgan fingerprint density at radius 1 is 0.927 bits per heavy atom. The summed E-state index contributed by atoms with van der Waals surface area (Å²) in [5, 5.41) is 10.1. The Morgan fingerprint density at radius 2 is 1.66 bits per heavy atom. The molecule has 1 aliphatic carbocycles. The van der Waals surface area contributed by atoms with Crippen molar-refractivity contribution in [3.05, 3.63) is 91.0 Å². The molecule has 12 heteroatoms. The molecule has 41 heavy (non-hydrogen) atoms. The van der Waals surface area contributed by atoms with Crippen LogP contribution in [0.1, 0.15) is 12.8 Å².